The second-order valence-electron chi connectivity index (χ2n) is 10.2. The average Bonchev–Trinajstić information content (AvgIpc) is 3.22. The summed E-state index contributed by atoms with van der Waals surface area (Å²) in [5, 5.41) is 0. The average molecular weight is 377 g/mol. The van der Waals surface area contributed by atoms with Crippen LogP contribution in [0, 0.1) is 17.8 Å². The minimum atomic E-state index is -0.0335. The molecule has 2 aromatic carbocycles. The molecule has 2 heterocycles. The molecule has 0 radical (unpaired) electrons. The molecule has 1 saturated carbocycles. The molecule has 0 bridgehead atoms. The Hall–Kier alpha value is -1.64. The third-order valence-electron chi connectivity index (χ3n) is 8.66. The molecule has 2 aromatic rings. The fourth-order valence-corrected chi connectivity index (χ4v) is 7.67. The number of nitrogens with zero attached hydrogens (tertiary/aromatic N) is 1. The zero-order valence-electron chi connectivity index (χ0n) is 17.6. The summed E-state index contributed by atoms with van der Waals surface area (Å²) in [5.74, 6) is 2.31. The van der Waals surface area contributed by atoms with Gasteiger partial charge >= 0.3 is 0 Å². The van der Waals surface area contributed by atoms with E-state index in [4.69, 9.17) is 4.74 Å². The predicted octanol–water partition coefficient (Wildman–Crippen LogP) is 5.43. The maximum absolute atomic E-state index is 6.79. The van der Waals surface area contributed by atoms with Gasteiger partial charge in [-0.2, -0.15) is 0 Å². The summed E-state index contributed by atoms with van der Waals surface area (Å²) in [7, 11) is 0. The summed E-state index contributed by atoms with van der Waals surface area (Å²) in [5.41, 5.74) is 3.09. The number of rotatable bonds is 5. The van der Waals surface area contributed by atoms with E-state index in [-0.39, 0.29) is 5.60 Å². The van der Waals surface area contributed by atoms with Crippen LogP contribution in [0.4, 0.5) is 0 Å². The second-order valence-corrected chi connectivity index (χ2v) is 10.2. The quantitative estimate of drug-likeness (QED) is 0.633. The second kappa shape index (κ2) is 6.43. The van der Waals surface area contributed by atoms with Crippen molar-refractivity contribution in [1.82, 2.24) is 0 Å². The molecule has 2 saturated heterocycles. The molecule has 28 heavy (non-hydrogen) atoms. The molecule has 6 atom stereocenters. The van der Waals surface area contributed by atoms with Crippen molar-refractivity contribution in [2.75, 3.05) is 13.1 Å². The zero-order chi connectivity index (χ0) is 19.4. The molecule has 0 aromatic heterocycles. The van der Waals surface area contributed by atoms with E-state index in [1.807, 2.05) is 0 Å². The van der Waals surface area contributed by atoms with Gasteiger partial charge in [0.1, 0.15) is 24.2 Å². The van der Waals surface area contributed by atoms with Gasteiger partial charge in [0.15, 0.2) is 0 Å². The molecule has 1 aliphatic carbocycles. The minimum absolute atomic E-state index is 0.0335. The molecule has 5 rings (SSSR count). The standard InChI is InChI=1S/C26H34NO/c1-20-16-27(17-21-10-6-4-7-11-21)19-25(2,24-15-14-23(20)26(24,27)3)28-18-22-12-8-5-9-13-22/h4-13,20,23-24H,14-19H2,1-3H3/q+1/t20-,23+,24-,25-,26-,27-/m1/s1. The van der Waals surface area contributed by atoms with Gasteiger partial charge in [-0.3, -0.25) is 0 Å². The Morgan fingerprint density at radius 2 is 1.57 bits per heavy atom. The van der Waals surface area contributed by atoms with Gasteiger partial charge in [0, 0.05) is 23.3 Å². The van der Waals surface area contributed by atoms with Crippen molar-refractivity contribution in [3.8, 4) is 0 Å². The van der Waals surface area contributed by atoms with Gasteiger partial charge in [-0.15, -0.1) is 0 Å². The van der Waals surface area contributed by atoms with Gasteiger partial charge in [-0.05, 0) is 32.3 Å². The lowest BCUT2D eigenvalue weighted by Crippen LogP contribution is -2.57. The molecule has 2 aliphatic heterocycles. The Balaban J connectivity index is 1.48. The van der Waals surface area contributed by atoms with Crippen LogP contribution in [-0.2, 0) is 17.9 Å². The van der Waals surface area contributed by atoms with E-state index in [2.05, 4.69) is 81.4 Å². The SMILES string of the molecule is C[C@@H]1C[N@@+]2(Cc3ccccc3)C[C@@](C)(OCc3ccccc3)[C@H]3CC[C@@H]1[C@]32C. The van der Waals surface area contributed by atoms with Crippen LogP contribution >= 0.6 is 0 Å². The Morgan fingerprint density at radius 3 is 2.25 bits per heavy atom. The van der Waals surface area contributed by atoms with Crippen LogP contribution in [0.1, 0.15) is 44.7 Å². The molecular formula is C26H34NO+. The highest BCUT2D eigenvalue weighted by molar-refractivity contribution is 5.19. The highest BCUT2D eigenvalue weighted by Gasteiger charge is 2.76. The highest BCUT2D eigenvalue weighted by Crippen LogP contribution is 2.65. The third kappa shape index (κ3) is 2.54. The summed E-state index contributed by atoms with van der Waals surface area (Å²) < 4.78 is 8.01. The maximum atomic E-state index is 6.79. The number of quaternary nitrogens is 1. The monoisotopic (exact) mass is 376 g/mol. The molecule has 3 aliphatic rings. The van der Waals surface area contributed by atoms with Crippen LogP contribution in [0.5, 0.6) is 0 Å². The molecule has 148 valence electrons. The van der Waals surface area contributed by atoms with E-state index in [1.165, 1.54) is 35.0 Å². The molecule has 3 fully saturated rings. The van der Waals surface area contributed by atoms with Crippen LogP contribution in [0.15, 0.2) is 60.7 Å². The third-order valence-corrected chi connectivity index (χ3v) is 8.66. The van der Waals surface area contributed by atoms with E-state index >= 15 is 0 Å². The Bertz CT molecular complexity index is 836. The summed E-state index contributed by atoms with van der Waals surface area (Å²) in [4.78, 5) is 0. The zero-order valence-corrected chi connectivity index (χ0v) is 17.6. The fourth-order valence-electron chi connectivity index (χ4n) is 7.67. The van der Waals surface area contributed by atoms with Gasteiger partial charge in [-0.25, -0.2) is 0 Å². The molecule has 0 amide bonds. The summed E-state index contributed by atoms with van der Waals surface area (Å²) in [6.45, 7) is 11.9. The molecule has 2 heteroatoms. The van der Waals surface area contributed by atoms with Gasteiger partial charge in [0.2, 0.25) is 0 Å². The van der Waals surface area contributed by atoms with Crippen LogP contribution in [-0.4, -0.2) is 28.7 Å². The van der Waals surface area contributed by atoms with Crippen molar-refractivity contribution < 1.29 is 9.22 Å². The topological polar surface area (TPSA) is 9.23 Å². The molecule has 0 unspecified atom stereocenters. The van der Waals surface area contributed by atoms with E-state index in [0.717, 1.165) is 31.5 Å². The lowest BCUT2D eigenvalue weighted by molar-refractivity contribution is -0.967. The lowest BCUT2D eigenvalue weighted by Gasteiger charge is -2.43. The highest BCUT2D eigenvalue weighted by atomic mass is 16.5. The van der Waals surface area contributed by atoms with Crippen molar-refractivity contribution in [2.24, 2.45) is 17.8 Å². The first-order valence-electron chi connectivity index (χ1n) is 11.0. The van der Waals surface area contributed by atoms with Crippen molar-refractivity contribution in [1.29, 1.82) is 0 Å². The van der Waals surface area contributed by atoms with Crippen molar-refractivity contribution in [3.05, 3.63) is 71.8 Å². The van der Waals surface area contributed by atoms with Crippen molar-refractivity contribution in [2.45, 2.75) is 57.9 Å². The Kier molecular flexibility index (Phi) is 4.23. The number of hydrogen-bond donors (Lipinski definition) is 0. The normalized spacial score (nSPS) is 41.3. The molecular weight excluding hydrogens is 342 g/mol. The molecule has 2 nitrogen and oxygen atoms in total. The van der Waals surface area contributed by atoms with E-state index in [9.17, 15) is 0 Å². The largest absolute Gasteiger partial charge is 0.364 e. The summed E-state index contributed by atoms with van der Waals surface area (Å²) in [6, 6.07) is 21.9. The maximum Gasteiger partial charge on any atom is 0.123 e. The van der Waals surface area contributed by atoms with Gasteiger partial charge in [0.05, 0.1) is 13.2 Å². The molecule has 0 spiro atoms. The predicted molar refractivity (Wildman–Crippen MR) is 114 cm³/mol. The number of hydrogen-bond acceptors (Lipinski definition) is 1. The first-order chi connectivity index (χ1) is 13.5. The van der Waals surface area contributed by atoms with E-state index in [0.29, 0.717) is 11.5 Å². The molecule has 0 N–H and O–H groups in total. The van der Waals surface area contributed by atoms with Crippen LogP contribution in [0.3, 0.4) is 0 Å². The first-order valence-corrected chi connectivity index (χ1v) is 11.0. The lowest BCUT2D eigenvalue weighted by atomic mass is 9.76. The summed E-state index contributed by atoms with van der Waals surface area (Å²) >= 11 is 0. The minimum Gasteiger partial charge on any atom is -0.364 e. The smallest absolute Gasteiger partial charge is 0.123 e. The first kappa shape index (κ1) is 18.4. The summed E-state index contributed by atoms with van der Waals surface area (Å²) in [6.07, 6.45) is 2.70. The van der Waals surface area contributed by atoms with Crippen molar-refractivity contribution in [3.63, 3.8) is 0 Å². The Morgan fingerprint density at radius 1 is 0.929 bits per heavy atom. The van der Waals surface area contributed by atoms with Gasteiger partial charge in [0.25, 0.3) is 0 Å². The number of ether oxygens (including phenoxy) is 1. The van der Waals surface area contributed by atoms with Gasteiger partial charge in [-0.1, -0.05) is 67.6 Å². The van der Waals surface area contributed by atoms with Crippen LogP contribution in [0.25, 0.3) is 0 Å². The van der Waals surface area contributed by atoms with Gasteiger partial charge < -0.3 is 9.22 Å². The Labute approximate surface area is 170 Å². The van der Waals surface area contributed by atoms with Crippen LogP contribution in [0.2, 0.25) is 0 Å². The van der Waals surface area contributed by atoms with E-state index in [1.54, 1.807) is 0 Å². The van der Waals surface area contributed by atoms with E-state index < -0.39 is 0 Å². The van der Waals surface area contributed by atoms with Crippen LogP contribution < -0.4 is 0 Å². The van der Waals surface area contributed by atoms with Crippen molar-refractivity contribution >= 4 is 0 Å². The number of benzene rings is 2. The fraction of sp³-hybridized carbons (Fsp3) is 0.538.